The third-order valence-corrected chi connectivity index (χ3v) is 10.8. The number of allylic oxidation sites excluding steroid dienone is 4. The third kappa shape index (κ3) is 5.19. The van der Waals surface area contributed by atoms with E-state index in [0.717, 1.165) is 33.5 Å². The number of fused-ring (bicyclic) bond motifs is 4. The lowest BCUT2D eigenvalue weighted by molar-refractivity contribution is -0.362. The average molecular weight is 629 g/mol. The Morgan fingerprint density at radius 3 is 2.27 bits per heavy atom. The molecule has 2 fully saturated rings. The van der Waals surface area contributed by atoms with Crippen molar-refractivity contribution in [1.82, 2.24) is 0 Å². The molecule has 6 rings (SSSR count). The maximum atomic E-state index is 15.2. The van der Waals surface area contributed by atoms with Crippen LogP contribution in [0.5, 0.6) is 0 Å². The quantitative estimate of drug-likeness (QED) is 0.283. The highest BCUT2D eigenvalue weighted by Gasteiger charge is 2.79. The van der Waals surface area contributed by atoms with Crippen molar-refractivity contribution in [1.29, 1.82) is 0 Å². The molecular formula is C35H37F5N2O3. The number of hydrogen-bond donors (Lipinski definition) is 3. The van der Waals surface area contributed by atoms with Gasteiger partial charge in [-0.15, -0.1) is 0 Å². The molecule has 5 nitrogen and oxygen atoms in total. The molecule has 2 saturated carbocycles. The topological polar surface area (TPSA) is 78.4 Å². The summed E-state index contributed by atoms with van der Waals surface area (Å²) in [5, 5.41) is 17.5. The molecule has 3 N–H and O–H groups in total. The van der Waals surface area contributed by atoms with E-state index in [1.54, 1.807) is 18.2 Å². The minimum absolute atomic E-state index is 0.0470. The van der Waals surface area contributed by atoms with Crippen molar-refractivity contribution in [2.24, 2.45) is 17.3 Å². The lowest BCUT2D eigenvalue weighted by Gasteiger charge is -2.56. The number of halogens is 5. The summed E-state index contributed by atoms with van der Waals surface area (Å²) in [4.78, 5) is 23.5. The first-order valence-electron chi connectivity index (χ1n) is 15.5. The molecule has 4 aliphatic rings. The summed E-state index contributed by atoms with van der Waals surface area (Å²) in [5.41, 5.74) is 1.40. The van der Waals surface area contributed by atoms with E-state index in [-0.39, 0.29) is 30.4 Å². The van der Waals surface area contributed by atoms with Crippen molar-refractivity contribution in [3.05, 3.63) is 82.5 Å². The standard InChI is InChI=1S/C35H37F5N2O3/c1-20(43)42-25-10-8-24(9-11-25)41-19-21-3-5-22(6-4-21)29-18-32(2)30(15-16-33(32,45)34(36,37)35(38,39)40)28-13-7-23-17-26(44)12-14-27(23)31(28)29/h3-6,8-11,17,28-30,41,45H,7,12-16,18-19H2,1-2H3,(H,42,43)/t28?,29-,30?,32+,33+/m1/s1. The van der Waals surface area contributed by atoms with Gasteiger partial charge in [-0.2, -0.15) is 22.0 Å². The minimum atomic E-state index is -5.88. The van der Waals surface area contributed by atoms with Gasteiger partial charge in [-0.1, -0.05) is 36.8 Å². The number of rotatable bonds is 6. The lowest BCUT2D eigenvalue weighted by Crippen LogP contribution is -2.65. The van der Waals surface area contributed by atoms with Gasteiger partial charge in [0, 0.05) is 42.6 Å². The Labute approximate surface area is 259 Å². The van der Waals surface area contributed by atoms with Crippen molar-refractivity contribution in [2.75, 3.05) is 10.6 Å². The summed E-state index contributed by atoms with van der Waals surface area (Å²) >= 11 is 0. The van der Waals surface area contributed by atoms with Crippen LogP contribution in [0.15, 0.2) is 71.3 Å². The smallest absolute Gasteiger partial charge is 0.383 e. The summed E-state index contributed by atoms with van der Waals surface area (Å²) < 4.78 is 71.8. The number of carbonyl (C=O) groups is 2. The molecule has 2 aromatic carbocycles. The second kappa shape index (κ2) is 11.1. The number of amides is 1. The maximum Gasteiger partial charge on any atom is 0.456 e. The van der Waals surface area contributed by atoms with Gasteiger partial charge in [0.2, 0.25) is 5.91 Å². The molecule has 0 bridgehead atoms. The van der Waals surface area contributed by atoms with Crippen LogP contribution in [0.4, 0.5) is 33.3 Å². The van der Waals surface area contributed by atoms with Gasteiger partial charge in [-0.05, 0) is 103 Å². The Bertz CT molecular complexity index is 1560. The fourth-order valence-corrected chi connectivity index (χ4v) is 8.66. The molecule has 1 amide bonds. The van der Waals surface area contributed by atoms with Crippen LogP contribution in [0.3, 0.4) is 0 Å². The molecule has 10 heteroatoms. The van der Waals surface area contributed by atoms with Crippen LogP contribution >= 0.6 is 0 Å². The van der Waals surface area contributed by atoms with Crippen molar-refractivity contribution < 1.29 is 36.6 Å². The zero-order chi connectivity index (χ0) is 32.4. The molecule has 4 aliphatic carbocycles. The van der Waals surface area contributed by atoms with Gasteiger partial charge in [0.1, 0.15) is 5.60 Å². The molecule has 0 saturated heterocycles. The predicted octanol–water partition coefficient (Wildman–Crippen LogP) is 8.09. The fourth-order valence-electron chi connectivity index (χ4n) is 8.66. The van der Waals surface area contributed by atoms with Gasteiger partial charge >= 0.3 is 12.1 Å². The molecule has 0 spiro atoms. The van der Waals surface area contributed by atoms with Crippen LogP contribution in [0.2, 0.25) is 0 Å². The van der Waals surface area contributed by atoms with E-state index in [1.165, 1.54) is 13.8 Å². The maximum absolute atomic E-state index is 15.2. The first-order valence-corrected chi connectivity index (χ1v) is 15.5. The van der Waals surface area contributed by atoms with Crippen molar-refractivity contribution in [2.45, 2.75) is 89.0 Å². The minimum Gasteiger partial charge on any atom is -0.383 e. The molecule has 0 aromatic heterocycles. The van der Waals surface area contributed by atoms with E-state index >= 15 is 8.78 Å². The van der Waals surface area contributed by atoms with Gasteiger partial charge in [0.15, 0.2) is 5.78 Å². The Balaban J connectivity index is 1.33. The summed E-state index contributed by atoms with van der Waals surface area (Å²) in [7, 11) is 0. The van der Waals surface area contributed by atoms with Crippen LogP contribution in [-0.2, 0) is 16.1 Å². The number of aliphatic hydroxyl groups is 1. The van der Waals surface area contributed by atoms with Crippen LogP contribution < -0.4 is 10.6 Å². The SMILES string of the molecule is CC(=O)Nc1ccc(NCc2ccc([C@H]3C[C@@]4(C)C(CC[C@@]4(O)C(F)(F)C(F)(F)F)C4CCC5=CC(=O)CCC5=C43)cc2)cc1. The largest absolute Gasteiger partial charge is 0.456 e. The van der Waals surface area contributed by atoms with E-state index in [1.807, 2.05) is 36.4 Å². The molecule has 5 atom stereocenters. The van der Waals surface area contributed by atoms with Crippen LogP contribution in [0, 0.1) is 17.3 Å². The number of anilines is 2. The van der Waals surface area contributed by atoms with E-state index in [9.17, 15) is 27.9 Å². The summed E-state index contributed by atoms with van der Waals surface area (Å²) in [6.45, 7) is 3.35. The predicted molar refractivity (Wildman–Crippen MR) is 161 cm³/mol. The van der Waals surface area contributed by atoms with Crippen LogP contribution in [0.1, 0.15) is 75.8 Å². The summed E-state index contributed by atoms with van der Waals surface area (Å²) in [6, 6.07) is 14.9. The number of benzene rings is 2. The van der Waals surface area contributed by atoms with E-state index in [4.69, 9.17) is 0 Å². The molecular weight excluding hydrogens is 591 g/mol. The molecule has 2 unspecified atom stereocenters. The number of alkyl halides is 5. The molecule has 0 aliphatic heterocycles. The zero-order valence-corrected chi connectivity index (χ0v) is 25.2. The molecule has 0 radical (unpaired) electrons. The highest BCUT2D eigenvalue weighted by molar-refractivity contribution is 5.93. The Hall–Kier alpha value is -3.53. The van der Waals surface area contributed by atoms with Crippen LogP contribution in [-0.4, -0.2) is 34.5 Å². The van der Waals surface area contributed by atoms with Gasteiger partial charge in [0.25, 0.3) is 0 Å². The molecule has 45 heavy (non-hydrogen) atoms. The van der Waals surface area contributed by atoms with Crippen molar-refractivity contribution in [3.8, 4) is 0 Å². The molecule has 2 aromatic rings. The average Bonchev–Trinajstić information content (AvgIpc) is 3.27. The first kappa shape index (κ1) is 31.5. The van der Waals surface area contributed by atoms with Crippen LogP contribution in [0.25, 0.3) is 0 Å². The summed E-state index contributed by atoms with van der Waals surface area (Å²) in [5.74, 6) is -6.63. The fraction of sp³-hybridized carbons (Fsp3) is 0.486. The number of ketones is 1. The highest BCUT2D eigenvalue weighted by Crippen LogP contribution is 2.70. The lowest BCUT2D eigenvalue weighted by atomic mass is 9.50. The van der Waals surface area contributed by atoms with E-state index in [2.05, 4.69) is 10.6 Å². The first-order chi connectivity index (χ1) is 21.1. The van der Waals surface area contributed by atoms with E-state index < -0.39 is 41.4 Å². The number of nitrogens with one attached hydrogen (secondary N) is 2. The Morgan fingerprint density at radius 1 is 0.956 bits per heavy atom. The Morgan fingerprint density at radius 2 is 1.62 bits per heavy atom. The molecule has 0 heterocycles. The Kier molecular flexibility index (Phi) is 7.74. The van der Waals surface area contributed by atoms with E-state index in [0.29, 0.717) is 37.9 Å². The second-order valence-electron chi connectivity index (χ2n) is 13.3. The monoisotopic (exact) mass is 628 g/mol. The number of hydrogen-bond acceptors (Lipinski definition) is 4. The van der Waals surface area contributed by atoms with Crippen molar-refractivity contribution >= 4 is 23.1 Å². The van der Waals surface area contributed by atoms with Crippen molar-refractivity contribution in [3.63, 3.8) is 0 Å². The highest BCUT2D eigenvalue weighted by atomic mass is 19.4. The van der Waals surface area contributed by atoms with Gasteiger partial charge < -0.3 is 15.7 Å². The van der Waals surface area contributed by atoms with Gasteiger partial charge in [0.05, 0.1) is 0 Å². The normalized spacial score (nSPS) is 29.8. The second-order valence-corrected chi connectivity index (χ2v) is 13.3. The number of carbonyl (C=O) groups excluding carboxylic acids is 2. The van der Waals surface area contributed by atoms with Gasteiger partial charge in [-0.25, -0.2) is 0 Å². The van der Waals surface area contributed by atoms with Gasteiger partial charge in [-0.3, -0.25) is 9.59 Å². The summed E-state index contributed by atoms with van der Waals surface area (Å²) in [6.07, 6.45) is -2.80. The molecule has 240 valence electrons. The zero-order valence-electron chi connectivity index (χ0n) is 25.2. The third-order valence-electron chi connectivity index (χ3n) is 10.8.